The molecule has 0 fully saturated rings. The largest absolute Gasteiger partial charge is 0.484 e. The number of rotatable bonds is 5. The maximum Gasteiger partial charge on any atom is 0.260 e. The number of hydrogen-bond acceptors (Lipinski definition) is 2. The number of nitrogens with zero attached hydrogens (tertiary/aromatic N) is 1. The van der Waals surface area contributed by atoms with Gasteiger partial charge in [0.15, 0.2) is 6.61 Å². The molecule has 0 radical (unpaired) electrons. The van der Waals surface area contributed by atoms with Crippen LogP contribution in [0.15, 0.2) is 42.5 Å². The van der Waals surface area contributed by atoms with E-state index in [2.05, 4.69) is 0 Å². The van der Waals surface area contributed by atoms with Crippen LogP contribution in [0.5, 0.6) is 5.75 Å². The molecule has 0 saturated heterocycles. The van der Waals surface area contributed by atoms with E-state index in [1.54, 1.807) is 24.1 Å². The van der Waals surface area contributed by atoms with Crippen molar-refractivity contribution >= 4 is 29.1 Å². The molecule has 116 valence electrons. The van der Waals surface area contributed by atoms with Gasteiger partial charge in [0.1, 0.15) is 5.75 Å². The van der Waals surface area contributed by atoms with Gasteiger partial charge < -0.3 is 9.64 Å². The Hall–Kier alpha value is -1.71. The van der Waals surface area contributed by atoms with E-state index in [-0.39, 0.29) is 12.5 Å². The van der Waals surface area contributed by atoms with Gasteiger partial charge in [-0.15, -0.1) is 0 Å². The summed E-state index contributed by atoms with van der Waals surface area (Å²) in [4.78, 5) is 13.7. The maximum absolute atomic E-state index is 12.1. The Morgan fingerprint density at radius 1 is 1.14 bits per heavy atom. The van der Waals surface area contributed by atoms with Crippen LogP contribution in [0.2, 0.25) is 10.0 Å². The summed E-state index contributed by atoms with van der Waals surface area (Å²) in [6.45, 7) is 2.43. The van der Waals surface area contributed by atoms with Crippen LogP contribution < -0.4 is 4.74 Å². The molecule has 2 aromatic carbocycles. The second-order valence-corrected chi connectivity index (χ2v) is 5.92. The summed E-state index contributed by atoms with van der Waals surface area (Å²) in [7, 11) is 1.73. The van der Waals surface area contributed by atoms with Crippen molar-refractivity contribution in [2.75, 3.05) is 13.7 Å². The molecule has 0 aliphatic heterocycles. The highest BCUT2D eigenvalue weighted by atomic mass is 35.5. The Morgan fingerprint density at radius 2 is 1.91 bits per heavy atom. The SMILES string of the molecule is Cc1cccc(OCC(=O)N(C)Cc2ccc(Cl)c(Cl)c2)c1. The number of amides is 1. The number of benzene rings is 2. The fourth-order valence-corrected chi connectivity index (χ4v) is 2.28. The fraction of sp³-hybridized carbons (Fsp3) is 0.235. The molecule has 0 N–H and O–H groups in total. The topological polar surface area (TPSA) is 29.5 Å². The molecule has 2 aromatic rings. The maximum atomic E-state index is 12.1. The van der Waals surface area contributed by atoms with Crippen LogP contribution in [-0.4, -0.2) is 24.5 Å². The van der Waals surface area contributed by atoms with E-state index in [0.29, 0.717) is 22.3 Å². The minimum absolute atomic E-state index is 0.00127. The molecule has 0 unspecified atom stereocenters. The third-order valence-electron chi connectivity index (χ3n) is 3.18. The Kier molecular flexibility index (Phi) is 5.69. The summed E-state index contributed by atoms with van der Waals surface area (Å²) >= 11 is 11.9. The molecule has 22 heavy (non-hydrogen) atoms. The van der Waals surface area contributed by atoms with Crippen molar-refractivity contribution in [1.29, 1.82) is 0 Å². The lowest BCUT2D eigenvalue weighted by molar-refractivity contribution is -0.132. The molecule has 0 aliphatic rings. The van der Waals surface area contributed by atoms with Gasteiger partial charge in [0.2, 0.25) is 0 Å². The van der Waals surface area contributed by atoms with Gasteiger partial charge in [-0.2, -0.15) is 0 Å². The van der Waals surface area contributed by atoms with Gasteiger partial charge in [0.25, 0.3) is 5.91 Å². The quantitative estimate of drug-likeness (QED) is 0.812. The molecule has 0 aliphatic carbocycles. The molecular weight excluding hydrogens is 321 g/mol. The number of hydrogen-bond donors (Lipinski definition) is 0. The molecule has 2 rings (SSSR count). The van der Waals surface area contributed by atoms with Gasteiger partial charge in [-0.05, 0) is 42.3 Å². The van der Waals surface area contributed by atoms with Crippen molar-refractivity contribution in [1.82, 2.24) is 4.90 Å². The first kappa shape index (κ1) is 16.7. The van der Waals surface area contributed by atoms with E-state index in [4.69, 9.17) is 27.9 Å². The molecule has 5 heteroatoms. The van der Waals surface area contributed by atoms with E-state index in [0.717, 1.165) is 11.1 Å². The second-order valence-electron chi connectivity index (χ2n) is 5.10. The monoisotopic (exact) mass is 337 g/mol. The van der Waals surface area contributed by atoms with Crippen molar-refractivity contribution in [3.8, 4) is 5.75 Å². The summed E-state index contributed by atoms with van der Waals surface area (Å²) in [6, 6.07) is 12.9. The number of carbonyl (C=O) groups is 1. The van der Waals surface area contributed by atoms with Crippen LogP contribution in [-0.2, 0) is 11.3 Å². The summed E-state index contributed by atoms with van der Waals surface area (Å²) < 4.78 is 5.51. The van der Waals surface area contributed by atoms with Crippen molar-refractivity contribution in [2.45, 2.75) is 13.5 Å². The molecule has 0 atom stereocenters. The van der Waals surface area contributed by atoms with E-state index in [1.165, 1.54) is 0 Å². The van der Waals surface area contributed by atoms with Gasteiger partial charge in [0.05, 0.1) is 10.0 Å². The molecule has 0 aromatic heterocycles. The van der Waals surface area contributed by atoms with Gasteiger partial charge in [-0.3, -0.25) is 4.79 Å². The third-order valence-corrected chi connectivity index (χ3v) is 3.92. The lowest BCUT2D eigenvalue weighted by atomic mass is 10.2. The Labute approximate surface area is 140 Å². The number of halogens is 2. The van der Waals surface area contributed by atoms with E-state index in [1.807, 2.05) is 37.3 Å². The molecule has 0 spiro atoms. The van der Waals surface area contributed by atoms with Gasteiger partial charge >= 0.3 is 0 Å². The molecule has 1 amide bonds. The zero-order valence-electron chi connectivity index (χ0n) is 12.5. The number of carbonyl (C=O) groups excluding carboxylic acids is 1. The van der Waals surface area contributed by atoms with Crippen LogP contribution in [0.1, 0.15) is 11.1 Å². The van der Waals surface area contributed by atoms with Crippen molar-refractivity contribution in [3.05, 3.63) is 63.6 Å². The number of likely N-dealkylation sites (N-methyl/N-ethyl adjacent to an activating group) is 1. The highest BCUT2D eigenvalue weighted by Gasteiger charge is 2.11. The normalized spacial score (nSPS) is 10.4. The third kappa shape index (κ3) is 4.65. The van der Waals surface area contributed by atoms with Crippen LogP contribution in [0.25, 0.3) is 0 Å². The first-order valence-corrected chi connectivity index (χ1v) is 7.58. The van der Waals surface area contributed by atoms with E-state index >= 15 is 0 Å². The zero-order valence-corrected chi connectivity index (χ0v) is 14.0. The predicted octanol–water partition coefficient (Wildman–Crippen LogP) is 4.34. The highest BCUT2D eigenvalue weighted by Crippen LogP contribution is 2.23. The number of aryl methyl sites for hydroxylation is 1. The molecular formula is C17H17Cl2NO2. The second kappa shape index (κ2) is 7.52. The summed E-state index contributed by atoms with van der Waals surface area (Å²) in [6.07, 6.45) is 0. The van der Waals surface area contributed by atoms with Crippen LogP contribution >= 0.6 is 23.2 Å². The van der Waals surface area contributed by atoms with Crippen LogP contribution in [0.4, 0.5) is 0 Å². The fourth-order valence-electron chi connectivity index (χ4n) is 1.96. The minimum atomic E-state index is -0.104. The van der Waals surface area contributed by atoms with Gasteiger partial charge in [0, 0.05) is 13.6 Å². The van der Waals surface area contributed by atoms with Gasteiger partial charge in [-0.1, -0.05) is 41.4 Å². The first-order valence-electron chi connectivity index (χ1n) is 6.83. The minimum Gasteiger partial charge on any atom is -0.484 e. The van der Waals surface area contributed by atoms with Crippen molar-refractivity contribution in [2.24, 2.45) is 0 Å². The standard InChI is InChI=1S/C17H17Cl2NO2/c1-12-4-3-5-14(8-12)22-11-17(21)20(2)10-13-6-7-15(18)16(19)9-13/h3-9H,10-11H2,1-2H3. The predicted molar refractivity (Wildman–Crippen MR) is 89.6 cm³/mol. The van der Waals surface area contributed by atoms with Crippen LogP contribution in [0, 0.1) is 6.92 Å². The van der Waals surface area contributed by atoms with E-state index < -0.39 is 0 Å². The average molecular weight is 338 g/mol. The lowest BCUT2D eigenvalue weighted by Crippen LogP contribution is -2.30. The summed E-state index contributed by atoms with van der Waals surface area (Å²) in [5.74, 6) is 0.587. The zero-order chi connectivity index (χ0) is 16.1. The molecule has 0 bridgehead atoms. The smallest absolute Gasteiger partial charge is 0.260 e. The molecule has 0 saturated carbocycles. The molecule has 3 nitrogen and oxygen atoms in total. The average Bonchev–Trinajstić information content (AvgIpc) is 2.48. The van der Waals surface area contributed by atoms with Crippen molar-refractivity contribution < 1.29 is 9.53 Å². The lowest BCUT2D eigenvalue weighted by Gasteiger charge is -2.18. The number of ether oxygens (including phenoxy) is 1. The first-order chi connectivity index (χ1) is 10.5. The highest BCUT2D eigenvalue weighted by molar-refractivity contribution is 6.42. The Morgan fingerprint density at radius 3 is 2.59 bits per heavy atom. The molecule has 0 heterocycles. The Balaban J connectivity index is 1.90. The van der Waals surface area contributed by atoms with Crippen molar-refractivity contribution in [3.63, 3.8) is 0 Å². The van der Waals surface area contributed by atoms with Gasteiger partial charge in [-0.25, -0.2) is 0 Å². The summed E-state index contributed by atoms with van der Waals surface area (Å²) in [5.41, 5.74) is 2.01. The van der Waals surface area contributed by atoms with Crippen LogP contribution in [0.3, 0.4) is 0 Å². The van der Waals surface area contributed by atoms with E-state index in [9.17, 15) is 4.79 Å². The summed E-state index contributed by atoms with van der Waals surface area (Å²) in [5, 5.41) is 0.984. The Bertz CT molecular complexity index is 673.